The van der Waals surface area contributed by atoms with Crippen molar-refractivity contribution in [3.05, 3.63) is 33.9 Å². The Morgan fingerprint density at radius 1 is 1.34 bits per heavy atom. The highest BCUT2D eigenvalue weighted by Gasteiger charge is 2.50. The molecule has 4 rings (SSSR count). The van der Waals surface area contributed by atoms with Crippen molar-refractivity contribution >= 4 is 48.1 Å². The topological polar surface area (TPSA) is 83.8 Å². The third kappa shape index (κ3) is 3.87. The summed E-state index contributed by atoms with van der Waals surface area (Å²) in [7, 11) is 1.25. The number of aromatic nitrogens is 1. The molecule has 12 heteroatoms. The first-order valence-electron chi connectivity index (χ1n) is 9.71. The first-order valence-corrected chi connectivity index (χ1v) is 12.3. The summed E-state index contributed by atoms with van der Waals surface area (Å²) in [5, 5.41) is 9.22. The zero-order valence-corrected chi connectivity index (χ0v) is 19.0. The first-order chi connectivity index (χ1) is 15.1. The van der Waals surface area contributed by atoms with Crippen molar-refractivity contribution in [3.8, 4) is 5.75 Å². The molecule has 2 fully saturated rings. The molecule has 1 saturated heterocycles. The first kappa shape index (κ1) is 23.0. The maximum atomic E-state index is 15.3. The molecule has 0 bridgehead atoms. The zero-order chi connectivity index (χ0) is 23.4. The number of carboxylic acid groups (broad SMARTS) is 1. The standard InChI is InChI=1S/C20H20F4IN3O4/c1-25-26-14-8-27(7-12(14)20(22,23)24)16-13(21)5-10-15(18(16)32-2)28(9-3-4-9)6-11(17(10)29)19(30)31/h5-6,9,12,14,26H,1,3-4,7-8H2,2H3,(H,30,31)/t12-,14+/m1/s1. The molecule has 0 radical (unpaired) electrons. The molecule has 7 nitrogen and oxygen atoms in total. The molecule has 2 N–H and O–H groups in total. The second-order valence-corrected chi connectivity index (χ2v) is 9.24. The Hall–Kier alpha value is -2.22. The smallest absolute Gasteiger partial charge is 0.395 e. The predicted octanol–water partition coefficient (Wildman–Crippen LogP) is 3.46. The van der Waals surface area contributed by atoms with Gasteiger partial charge in [0.05, 0.1) is 23.9 Å². The second-order valence-electron chi connectivity index (χ2n) is 7.85. The van der Waals surface area contributed by atoms with Crippen LogP contribution in [0.1, 0.15) is 29.2 Å². The van der Waals surface area contributed by atoms with Crippen LogP contribution in [0.15, 0.2) is 17.1 Å². The number of nitrogens with one attached hydrogen (secondary N) is 1. The average Bonchev–Trinajstić information content (AvgIpc) is 3.46. The van der Waals surface area contributed by atoms with Gasteiger partial charge in [-0.15, -0.1) is 0 Å². The molecule has 32 heavy (non-hydrogen) atoms. The van der Waals surface area contributed by atoms with Gasteiger partial charge in [0.2, 0.25) is 5.43 Å². The maximum absolute atomic E-state index is 15.3. The highest BCUT2D eigenvalue weighted by Crippen LogP contribution is 2.46. The number of carboxylic acids is 1. The van der Waals surface area contributed by atoms with Crippen molar-refractivity contribution in [1.29, 1.82) is 0 Å². The van der Waals surface area contributed by atoms with E-state index in [1.54, 1.807) is 4.57 Å². The number of hydrogen-bond donors (Lipinski definition) is 2. The molecule has 2 heterocycles. The van der Waals surface area contributed by atoms with Crippen molar-refractivity contribution in [2.24, 2.45) is 5.92 Å². The summed E-state index contributed by atoms with van der Waals surface area (Å²) in [5.41, 5.74) is -1.35. The van der Waals surface area contributed by atoms with Gasteiger partial charge in [-0.3, -0.25) is 8.32 Å². The number of aromatic carboxylic acids is 1. The third-order valence-electron chi connectivity index (χ3n) is 5.85. The Balaban J connectivity index is 1.94. The van der Waals surface area contributed by atoms with E-state index >= 15 is 4.39 Å². The number of nitrogens with zero attached hydrogens (tertiary/aromatic N) is 2. The number of benzene rings is 1. The number of carbonyl (C=O) groups is 1. The van der Waals surface area contributed by atoms with E-state index in [9.17, 15) is 27.9 Å². The molecule has 2 aromatic rings. The van der Waals surface area contributed by atoms with E-state index in [0.717, 1.165) is 18.9 Å². The minimum Gasteiger partial charge on any atom is -0.492 e. The SMILES string of the molecule is C=IN[C@H]1CN(c2c(F)cc3c(=O)c(C(=O)O)cn(C4CC4)c3c2OC)C[C@H]1C(F)(F)F. The number of methoxy groups -OCH3 is 1. The van der Waals surface area contributed by atoms with Gasteiger partial charge in [-0.1, -0.05) is 4.51 Å². The lowest BCUT2D eigenvalue weighted by molar-refractivity contribution is -0.171. The number of halogens is 5. The molecule has 1 aromatic heterocycles. The van der Waals surface area contributed by atoms with E-state index in [-0.39, 0.29) is 34.9 Å². The van der Waals surface area contributed by atoms with Gasteiger partial charge in [-0.25, -0.2) is 9.18 Å². The van der Waals surface area contributed by atoms with Crippen molar-refractivity contribution in [2.75, 3.05) is 25.1 Å². The number of alkyl halides is 3. The lowest BCUT2D eigenvalue weighted by atomic mass is 10.0. The third-order valence-corrected chi connectivity index (χ3v) is 7.09. The van der Waals surface area contributed by atoms with Gasteiger partial charge < -0.3 is 19.3 Å². The Bertz CT molecular complexity index is 1160. The van der Waals surface area contributed by atoms with Gasteiger partial charge in [0, 0.05) is 31.4 Å². The lowest BCUT2D eigenvalue weighted by Crippen LogP contribution is -2.38. The van der Waals surface area contributed by atoms with Crippen LogP contribution in [0.2, 0.25) is 0 Å². The van der Waals surface area contributed by atoms with E-state index in [1.807, 2.05) is 0 Å². The van der Waals surface area contributed by atoms with Crippen LogP contribution in [-0.4, -0.2) is 52.6 Å². The Labute approximate surface area is 190 Å². The lowest BCUT2D eigenvalue weighted by Gasteiger charge is -2.25. The summed E-state index contributed by atoms with van der Waals surface area (Å²) in [5.74, 6) is -4.18. The summed E-state index contributed by atoms with van der Waals surface area (Å²) in [4.78, 5) is 25.6. The number of anilines is 1. The van der Waals surface area contributed by atoms with E-state index in [0.29, 0.717) is 0 Å². The quantitative estimate of drug-likeness (QED) is 0.315. The zero-order valence-electron chi connectivity index (χ0n) is 16.9. The molecule has 1 aliphatic heterocycles. The van der Waals surface area contributed by atoms with E-state index in [4.69, 9.17) is 4.74 Å². The van der Waals surface area contributed by atoms with Crippen molar-refractivity contribution < 1.29 is 32.2 Å². The summed E-state index contributed by atoms with van der Waals surface area (Å²) in [6, 6.07) is -0.145. The summed E-state index contributed by atoms with van der Waals surface area (Å²) in [6.07, 6.45) is -1.83. The fraction of sp³-hybridized carbons (Fsp3) is 0.450. The highest BCUT2D eigenvalue weighted by molar-refractivity contribution is 14.2. The van der Waals surface area contributed by atoms with Crippen LogP contribution < -0.4 is 18.6 Å². The van der Waals surface area contributed by atoms with Crippen molar-refractivity contribution in [1.82, 2.24) is 8.10 Å². The molecular weight excluding hydrogens is 549 g/mol. The number of fused-ring (bicyclic) bond motifs is 1. The molecule has 0 amide bonds. The van der Waals surface area contributed by atoms with Crippen LogP contribution in [0, 0.1) is 11.7 Å². The molecule has 0 spiro atoms. The largest absolute Gasteiger partial charge is 0.492 e. The van der Waals surface area contributed by atoms with Gasteiger partial charge in [-0.05, 0) is 39.9 Å². The van der Waals surface area contributed by atoms with Crippen LogP contribution in [0.4, 0.5) is 23.2 Å². The van der Waals surface area contributed by atoms with Crippen LogP contribution >= 0.6 is 21.0 Å². The Kier molecular flexibility index (Phi) is 5.94. The van der Waals surface area contributed by atoms with Gasteiger partial charge >= 0.3 is 12.1 Å². The van der Waals surface area contributed by atoms with Gasteiger partial charge in [0.1, 0.15) is 11.3 Å². The number of ether oxygens (including phenoxy) is 1. The fourth-order valence-corrected chi connectivity index (χ4v) is 5.45. The molecule has 1 aliphatic carbocycles. The minimum absolute atomic E-state index is 0.0770. The molecule has 1 saturated carbocycles. The minimum atomic E-state index is -4.49. The molecule has 2 aliphatic rings. The van der Waals surface area contributed by atoms with Gasteiger partial charge in [0.15, 0.2) is 11.6 Å². The second kappa shape index (κ2) is 8.28. The predicted molar refractivity (Wildman–Crippen MR) is 120 cm³/mol. The Morgan fingerprint density at radius 2 is 2.03 bits per heavy atom. The summed E-state index contributed by atoms with van der Waals surface area (Å²) < 4.78 is 69.6. The maximum Gasteiger partial charge on any atom is 0.395 e. The molecule has 1 aromatic carbocycles. The highest BCUT2D eigenvalue weighted by atomic mass is 127. The van der Waals surface area contributed by atoms with E-state index in [1.165, 1.54) is 18.2 Å². The van der Waals surface area contributed by atoms with Crippen molar-refractivity contribution in [2.45, 2.75) is 31.1 Å². The Morgan fingerprint density at radius 3 is 2.56 bits per heavy atom. The number of hydrogen-bond acceptors (Lipinski definition) is 5. The average molecular weight is 569 g/mol. The summed E-state index contributed by atoms with van der Waals surface area (Å²) >= 11 is -0.892. The molecule has 0 unspecified atom stereocenters. The van der Waals surface area contributed by atoms with E-state index < -0.39 is 68.5 Å². The van der Waals surface area contributed by atoms with Crippen LogP contribution in [-0.2, 0) is 0 Å². The number of pyridine rings is 1. The monoisotopic (exact) mass is 569 g/mol. The van der Waals surface area contributed by atoms with E-state index in [2.05, 4.69) is 8.04 Å². The van der Waals surface area contributed by atoms with Crippen LogP contribution in [0.5, 0.6) is 5.75 Å². The van der Waals surface area contributed by atoms with Gasteiger partial charge in [-0.2, -0.15) is 13.2 Å². The molecule has 174 valence electrons. The summed E-state index contributed by atoms with van der Waals surface area (Å²) in [6.45, 7) is -0.594. The fourth-order valence-electron chi connectivity index (χ4n) is 4.25. The molecular formula is C20H20F4IN3O4. The van der Waals surface area contributed by atoms with Crippen molar-refractivity contribution in [3.63, 3.8) is 0 Å². The number of rotatable bonds is 6. The van der Waals surface area contributed by atoms with Crippen LogP contribution in [0.25, 0.3) is 10.9 Å². The normalized spacial score (nSPS) is 21.3. The van der Waals surface area contributed by atoms with Crippen LogP contribution in [0.3, 0.4) is 0 Å². The van der Waals surface area contributed by atoms with Gasteiger partial charge in [0.25, 0.3) is 0 Å². The molecule has 2 atom stereocenters.